The van der Waals surface area contributed by atoms with E-state index in [4.69, 9.17) is 16.3 Å². The Morgan fingerprint density at radius 1 is 1.06 bits per heavy atom. The number of esters is 1. The van der Waals surface area contributed by atoms with E-state index in [2.05, 4.69) is 10.00 Å². The van der Waals surface area contributed by atoms with Crippen molar-refractivity contribution < 1.29 is 13.9 Å². The van der Waals surface area contributed by atoms with Crippen LogP contribution in [0.5, 0.6) is 0 Å². The number of ether oxygens (including phenoxy) is 1. The number of carbonyl (C=O) groups excluding carboxylic acids is 1. The van der Waals surface area contributed by atoms with E-state index in [0.717, 1.165) is 17.6 Å². The van der Waals surface area contributed by atoms with Crippen LogP contribution in [0.15, 0.2) is 59.5 Å². The summed E-state index contributed by atoms with van der Waals surface area (Å²) in [5.74, 6) is -0.774. The standard InChI is InChI=1S/C24H24ClFN4O3/c1-33-24(32)18-8-3-5-10-20(18)30-23(31)22(25)21(15-27-30)29-12-6-11-28(13-14-29)16-17-7-2-4-9-19(17)26/h2-5,7-10,15H,6,11-14,16H2,1H3. The largest absolute Gasteiger partial charge is 0.465 e. The van der Waals surface area contributed by atoms with Crippen LogP contribution in [0.4, 0.5) is 10.1 Å². The highest BCUT2D eigenvalue weighted by Gasteiger charge is 2.22. The molecular weight excluding hydrogens is 447 g/mol. The molecule has 4 rings (SSSR count). The van der Waals surface area contributed by atoms with Crippen molar-refractivity contribution in [3.63, 3.8) is 0 Å². The molecule has 1 aromatic heterocycles. The Kier molecular flexibility index (Phi) is 7.05. The zero-order valence-electron chi connectivity index (χ0n) is 18.2. The van der Waals surface area contributed by atoms with Gasteiger partial charge in [-0.2, -0.15) is 9.78 Å². The molecule has 0 unspecified atom stereocenters. The highest BCUT2D eigenvalue weighted by Crippen LogP contribution is 2.24. The Labute approximate surface area is 196 Å². The summed E-state index contributed by atoms with van der Waals surface area (Å²) in [6.45, 7) is 3.34. The Morgan fingerprint density at radius 2 is 1.82 bits per heavy atom. The number of carbonyl (C=O) groups is 1. The number of para-hydroxylation sites is 1. The average Bonchev–Trinajstić information content (AvgIpc) is 3.07. The first-order valence-electron chi connectivity index (χ1n) is 10.7. The van der Waals surface area contributed by atoms with Crippen LogP contribution in [0.2, 0.25) is 5.02 Å². The van der Waals surface area contributed by atoms with Crippen LogP contribution in [0.3, 0.4) is 0 Å². The van der Waals surface area contributed by atoms with Gasteiger partial charge < -0.3 is 9.64 Å². The molecule has 1 aliphatic rings. The first-order chi connectivity index (χ1) is 16.0. The highest BCUT2D eigenvalue weighted by molar-refractivity contribution is 6.33. The molecule has 0 saturated carbocycles. The van der Waals surface area contributed by atoms with Crippen LogP contribution in [-0.2, 0) is 11.3 Å². The number of hydrogen-bond donors (Lipinski definition) is 0. The summed E-state index contributed by atoms with van der Waals surface area (Å²) in [6, 6.07) is 13.4. The summed E-state index contributed by atoms with van der Waals surface area (Å²) in [7, 11) is 1.28. The monoisotopic (exact) mass is 470 g/mol. The molecule has 0 bridgehead atoms. The van der Waals surface area contributed by atoms with Gasteiger partial charge in [-0.3, -0.25) is 9.69 Å². The maximum absolute atomic E-state index is 14.0. The fourth-order valence-corrected chi connectivity index (χ4v) is 4.24. The first-order valence-corrected chi connectivity index (χ1v) is 11.0. The third-order valence-electron chi connectivity index (χ3n) is 5.72. The number of anilines is 1. The van der Waals surface area contributed by atoms with Crippen molar-refractivity contribution in [2.45, 2.75) is 13.0 Å². The van der Waals surface area contributed by atoms with Crippen molar-refractivity contribution in [1.29, 1.82) is 0 Å². The van der Waals surface area contributed by atoms with Crippen molar-refractivity contribution >= 4 is 23.3 Å². The molecular formula is C24H24ClFN4O3. The highest BCUT2D eigenvalue weighted by atomic mass is 35.5. The Balaban J connectivity index is 1.55. The van der Waals surface area contributed by atoms with Gasteiger partial charge in [-0.1, -0.05) is 41.9 Å². The fourth-order valence-electron chi connectivity index (χ4n) is 3.99. The average molecular weight is 471 g/mol. The van der Waals surface area contributed by atoms with E-state index in [1.807, 2.05) is 11.0 Å². The SMILES string of the molecule is COC(=O)c1ccccc1-n1ncc(N2CCCN(Cc3ccccc3F)CC2)c(Cl)c1=O. The number of nitrogens with zero attached hydrogens (tertiary/aromatic N) is 4. The smallest absolute Gasteiger partial charge is 0.340 e. The minimum absolute atomic E-state index is 0.0345. The molecule has 1 fully saturated rings. The second-order valence-corrected chi connectivity index (χ2v) is 8.16. The maximum Gasteiger partial charge on any atom is 0.340 e. The van der Waals surface area contributed by atoms with Gasteiger partial charge in [0.25, 0.3) is 5.56 Å². The number of rotatable bonds is 5. The molecule has 1 aliphatic heterocycles. The van der Waals surface area contributed by atoms with Crippen LogP contribution in [-0.4, -0.2) is 53.9 Å². The predicted octanol–water partition coefficient (Wildman–Crippen LogP) is 3.52. The Hall–Kier alpha value is -3.23. The molecule has 2 aromatic carbocycles. The summed E-state index contributed by atoms with van der Waals surface area (Å²) >= 11 is 6.49. The van der Waals surface area contributed by atoms with E-state index in [9.17, 15) is 14.0 Å². The van der Waals surface area contributed by atoms with E-state index in [0.29, 0.717) is 43.1 Å². The first kappa shape index (κ1) is 22.9. The van der Waals surface area contributed by atoms with Gasteiger partial charge in [-0.05, 0) is 24.6 Å². The minimum Gasteiger partial charge on any atom is -0.465 e. The molecule has 7 nitrogen and oxygen atoms in total. The molecule has 33 heavy (non-hydrogen) atoms. The molecule has 0 radical (unpaired) electrons. The lowest BCUT2D eigenvalue weighted by Gasteiger charge is -2.24. The third kappa shape index (κ3) is 4.91. The van der Waals surface area contributed by atoms with Crippen LogP contribution in [0, 0.1) is 5.82 Å². The molecule has 0 aliphatic carbocycles. The van der Waals surface area contributed by atoms with Gasteiger partial charge in [0, 0.05) is 38.3 Å². The van der Waals surface area contributed by atoms with Crippen LogP contribution >= 0.6 is 11.6 Å². The molecule has 3 aromatic rings. The quantitative estimate of drug-likeness (QED) is 0.531. The normalized spacial score (nSPS) is 14.7. The number of benzene rings is 2. The van der Waals surface area contributed by atoms with Crippen molar-refractivity contribution in [3.8, 4) is 5.69 Å². The van der Waals surface area contributed by atoms with Gasteiger partial charge in [-0.15, -0.1) is 0 Å². The van der Waals surface area contributed by atoms with Crippen LogP contribution in [0.1, 0.15) is 22.3 Å². The molecule has 0 N–H and O–H groups in total. The van der Waals surface area contributed by atoms with Gasteiger partial charge in [-0.25, -0.2) is 9.18 Å². The number of methoxy groups -OCH3 is 1. The van der Waals surface area contributed by atoms with Gasteiger partial charge in [0.05, 0.1) is 30.2 Å². The zero-order chi connectivity index (χ0) is 23.4. The van der Waals surface area contributed by atoms with E-state index in [1.165, 1.54) is 13.2 Å². The van der Waals surface area contributed by atoms with Crippen molar-refractivity contribution in [1.82, 2.24) is 14.7 Å². The Bertz CT molecular complexity index is 1220. The van der Waals surface area contributed by atoms with E-state index in [1.54, 1.807) is 42.6 Å². The summed E-state index contributed by atoms with van der Waals surface area (Å²) in [4.78, 5) is 29.4. The van der Waals surface area contributed by atoms with Gasteiger partial charge in [0.1, 0.15) is 10.8 Å². The number of halogens is 2. The van der Waals surface area contributed by atoms with Crippen molar-refractivity contribution in [2.24, 2.45) is 0 Å². The second kappa shape index (κ2) is 10.1. The van der Waals surface area contributed by atoms with E-state index >= 15 is 0 Å². The topological polar surface area (TPSA) is 67.7 Å². The summed E-state index contributed by atoms with van der Waals surface area (Å²) < 4.78 is 20.0. The molecule has 0 amide bonds. The third-order valence-corrected chi connectivity index (χ3v) is 6.07. The molecule has 0 atom stereocenters. The minimum atomic E-state index is -0.568. The Morgan fingerprint density at radius 3 is 2.61 bits per heavy atom. The fraction of sp³-hybridized carbons (Fsp3) is 0.292. The predicted molar refractivity (Wildman–Crippen MR) is 125 cm³/mol. The summed E-state index contributed by atoms with van der Waals surface area (Å²) in [5.41, 5.74) is 1.21. The molecule has 1 saturated heterocycles. The second-order valence-electron chi connectivity index (χ2n) is 7.78. The summed E-state index contributed by atoms with van der Waals surface area (Å²) in [6.07, 6.45) is 2.38. The van der Waals surface area contributed by atoms with Gasteiger partial charge in [0.15, 0.2) is 0 Å². The van der Waals surface area contributed by atoms with Gasteiger partial charge >= 0.3 is 5.97 Å². The van der Waals surface area contributed by atoms with Crippen molar-refractivity contribution in [2.75, 3.05) is 38.2 Å². The summed E-state index contributed by atoms with van der Waals surface area (Å²) in [5, 5.41) is 4.33. The molecule has 2 heterocycles. The van der Waals surface area contributed by atoms with Crippen LogP contribution in [0.25, 0.3) is 5.69 Å². The molecule has 0 spiro atoms. The number of aromatic nitrogens is 2. The van der Waals surface area contributed by atoms with Crippen molar-refractivity contribution in [3.05, 3.63) is 87.0 Å². The van der Waals surface area contributed by atoms with E-state index < -0.39 is 11.5 Å². The van der Waals surface area contributed by atoms with E-state index in [-0.39, 0.29) is 16.4 Å². The lowest BCUT2D eigenvalue weighted by atomic mass is 10.2. The zero-order valence-corrected chi connectivity index (χ0v) is 19.0. The lowest BCUT2D eigenvalue weighted by Crippen LogP contribution is -2.33. The van der Waals surface area contributed by atoms with Gasteiger partial charge in [0.2, 0.25) is 0 Å². The lowest BCUT2D eigenvalue weighted by molar-refractivity contribution is 0.0600. The van der Waals surface area contributed by atoms with Crippen LogP contribution < -0.4 is 10.5 Å². The molecule has 9 heteroatoms. The number of hydrogen-bond acceptors (Lipinski definition) is 6. The maximum atomic E-state index is 14.0. The molecule has 172 valence electrons.